The minimum Gasteiger partial charge on any atom is -0.462 e. The maximum atomic E-state index is 12.6. The number of carbonyl (C=O) groups excluding carboxylic acids is 3. The van der Waals surface area contributed by atoms with Gasteiger partial charge >= 0.3 is 17.9 Å². The largest absolute Gasteiger partial charge is 0.462 e. The predicted molar refractivity (Wildman–Crippen MR) is 210 cm³/mol. The lowest BCUT2D eigenvalue weighted by molar-refractivity contribution is -0.167. The second kappa shape index (κ2) is 39.2. The van der Waals surface area contributed by atoms with Gasteiger partial charge in [-0.05, 0) is 70.6 Å². The highest BCUT2D eigenvalue weighted by Gasteiger charge is 2.19. The molecule has 0 saturated carbocycles. The molecule has 50 heavy (non-hydrogen) atoms. The molecular formula is C44H76O6. The highest BCUT2D eigenvalue weighted by molar-refractivity contribution is 5.71. The Balaban J connectivity index is 4.35. The fraction of sp³-hybridized carbons (Fsp3) is 0.750. The van der Waals surface area contributed by atoms with Crippen LogP contribution in [0.1, 0.15) is 194 Å². The molecule has 288 valence electrons. The van der Waals surface area contributed by atoms with Crippen LogP contribution in [0.2, 0.25) is 0 Å². The molecule has 6 heteroatoms. The number of hydrogen-bond donors (Lipinski definition) is 0. The zero-order valence-electron chi connectivity index (χ0n) is 32.7. The van der Waals surface area contributed by atoms with Crippen molar-refractivity contribution < 1.29 is 28.6 Å². The van der Waals surface area contributed by atoms with Gasteiger partial charge in [-0.15, -0.1) is 0 Å². The average molecular weight is 701 g/mol. The van der Waals surface area contributed by atoms with Gasteiger partial charge in [-0.1, -0.05) is 153 Å². The number of ether oxygens (including phenoxy) is 3. The normalized spacial score (nSPS) is 12.5. The van der Waals surface area contributed by atoms with Crippen molar-refractivity contribution in [3.63, 3.8) is 0 Å². The zero-order chi connectivity index (χ0) is 36.6. The fourth-order valence-electron chi connectivity index (χ4n) is 5.46. The molecule has 0 radical (unpaired) electrons. The SMILES string of the molecule is CC/C=C\C/C=C\C/C=C\CCCCCCCC(=O)OCC(COC(=O)CCCCCCCCC)OC(=O)CCCCCCC/C=C\CCC. The summed E-state index contributed by atoms with van der Waals surface area (Å²) in [6, 6.07) is 0. The van der Waals surface area contributed by atoms with E-state index in [1.165, 1.54) is 38.5 Å². The zero-order valence-corrected chi connectivity index (χ0v) is 32.7. The van der Waals surface area contributed by atoms with Crippen molar-refractivity contribution in [3.05, 3.63) is 48.6 Å². The molecule has 0 bridgehead atoms. The van der Waals surface area contributed by atoms with E-state index in [1.54, 1.807) is 0 Å². The van der Waals surface area contributed by atoms with Crippen LogP contribution in [0.25, 0.3) is 0 Å². The Labute approximate surface area is 307 Å². The van der Waals surface area contributed by atoms with E-state index in [-0.39, 0.29) is 31.1 Å². The summed E-state index contributed by atoms with van der Waals surface area (Å²) in [7, 11) is 0. The third kappa shape index (κ3) is 36.6. The number of esters is 3. The van der Waals surface area contributed by atoms with Gasteiger partial charge < -0.3 is 14.2 Å². The minimum absolute atomic E-state index is 0.0824. The van der Waals surface area contributed by atoms with Gasteiger partial charge in [0.2, 0.25) is 0 Å². The van der Waals surface area contributed by atoms with Crippen molar-refractivity contribution in [2.45, 2.75) is 200 Å². The van der Waals surface area contributed by atoms with E-state index in [4.69, 9.17) is 14.2 Å². The fourth-order valence-corrected chi connectivity index (χ4v) is 5.46. The third-order valence-corrected chi connectivity index (χ3v) is 8.55. The third-order valence-electron chi connectivity index (χ3n) is 8.55. The van der Waals surface area contributed by atoms with Crippen LogP contribution >= 0.6 is 0 Å². The lowest BCUT2D eigenvalue weighted by Crippen LogP contribution is -2.30. The standard InChI is InChI=1S/C44H76O6/c1-4-7-10-13-16-18-20-21-22-23-24-26-28-31-34-37-43(46)49-40-41(39-48-42(45)36-33-30-27-15-12-9-6-3)50-44(47)38-35-32-29-25-19-17-14-11-8-5-2/h7,10-11,14,16,18,21-22,41H,4-6,8-9,12-13,15,17,19-20,23-40H2,1-3H3/b10-7-,14-11-,18-16-,22-21-. The number of unbranched alkanes of at least 4 members (excludes halogenated alkanes) is 17. The molecule has 1 atom stereocenters. The second-order valence-corrected chi connectivity index (χ2v) is 13.5. The maximum Gasteiger partial charge on any atom is 0.306 e. The number of carbonyl (C=O) groups is 3. The first-order valence-electron chi connectivity index (χ1n) is 20.6. The van der Waals surface area contributed by atoms with Gasteiger partial charge in [0.1, 0.15) is 13.2 Å². The molecule has 0 spiro atoms. The first kappa shape index (κ1) is 47.4. The van der Waals surface area contributed by atoms with Crippen molar-refractivity contribution in [3.8, 4) is 0 Å². The molecule has 0 aromatic carbocycles. The summed E-state index contributed by atoms with van der Waals surface area (Å²) >= 11 is 0. The smallest absolute Gasteiger partial charge is 0.306 e. The lowest BCUT2D eigenvalue weighted by atomic mass is 10.1. The van der Waals surface area contributed by atoms with Gasteiger partial charge in [-0.25, -0.2) is 0 Å². The molecule has 0 rings (SSSR count). The van der Waals surface area contributed by atoms with Crippen molar-refractivity contribution in [1.29, 1.82) is 0 Å². The first-order valence-corrected chi connectivity index (χ1v) is 20.6. The predicted octanol–water partition coefficient (Wildman–Crippen LogP) is 12.8. The van der Waals surface area contributed by atoms with Crippen LogP contribution in [-0.2, 0) is 28.6 Å². The molecule has 0 saturated heterocycles. The molecule has 0 fully saturated rings. The summed E-state index contributed by atoms with van der Waals surface area (Å²) in [5.74, 6) is -0.924. The molecule has 0 heterocycles. The highest BCUT2D eigenvalue weighted by atomic mass is 16.6. The van der Waals surface area contributed by atoms with E-state index in [0.29, 0.717) is 19.3 Å². The van der Waals surface area contributed by atoms with Gasteiger partial charge in [0, 0.05) is 19.3 Å². The Morgan fingerprint density at radius 3 is 1.32 bits per heavy atom. The molecule has 0 aliphatic heterocycles. The summed E-state index contributed by atoms with van der Waals surface area (Å²) in [5, 5.41) is 0. The molecule has 0 aliphatic rings. The van der Waals surface area contributed by atoms with Crippen LogP contribution in [0.3, 0.4) is 0 Å². The van der Waals surface area contributed by atoms with E-state index >= 15 is 0 Å². The van der Waals surface area contributed by atoms with E-state index in [2.05, 4.69) is 69.4 Å². The Morgan fingerprint density at radius 1 is 0.420 bits per heavy atom. The van der Waals surface area contributed by atoms with Gasteiger partial charge in [0.05, 0.1) is 0 Å². The van der Waals surface area contributed by atoms with Crippen molar-refractivity contribution in [2.75, 3.05) is 13.2 Å². The van der Waals surface area contributed by atoms with Gasteiger partial charge in [-0.2, -0.15) is 0 Å². The maximum absolute atomic E-state index is 12.6. The van der Waals surface area contributed by atoms with Crippen molar-refractivity contribution >= 4 is 17.9 Å². The van der Waals surface area contributed by atoms with Gasteiger partial charge in [0.15, 0.2) is 6.10 Å². The Morgan fingerprint density at radius 2 is 0.820 bits per heavy atom. The molecule has 1 unspecified atom stereocenters. The molecule has 0 aromatic heterocycles. The molecule has 0 aliphatic carbocycles. The molecule has 0 aromatic rings. The number of rotatable bonds is 36. The van der Waals surface area contributed by atoms with Crippen molar-refractivity contribution in [1.82, 2.24) is 0 Å². The quantitative estimate of drug-likeness (QED) is 0.0280. The van der Waals surface area contributed by atoms with Gasteiger partial charge in [-0.3, -0.25) is 14.4 Å². The Hall–Kier alpha value is -2.63. The topological polar surface area (TPSA) is 78.9 Å². The van der Waals surface area contributed by atoms with Crippen LogP contribution in [0, 0.1) is 0 Å². The number of allylic oxidation sites excluding steroid dienone is 8. The number of hydrogen-bond acceptors (Lipinski definition) is 6. The lowest BCUT2D eigenvalue weighted by Gasteiger charge is -2.18. The first-order chi connectivity index (χ1) is 24.5. The molecule has 0 amide bonds. The van der Waals surface area contributed by atoms with E-state index in [9.17, 15) is 14.4 Å². The van der Waals surface area contributed by atoms with Crippen LogP contribution in [-0.4, -0.2) is 37.2 Å². The summed E-state index contributed by atoms with van der Waals surface area (Å²) < 4.78 is 16.6. The van der Waals surface area contributed by atoms with E-state index in [0.717, 1.165) is 116 Å². The second-order valence-electron chi connectivity index (χ2n) is 13.5. The van der Waals surface area contributed by atoms with Gasteiger partial charge in [0.25, 0.3) is 0 Å². The Bertz CT molecular complexity index is 902. The summed E-state index contributed by atoms with van der Waals surface area (Å²) in [4.78, 5) is 37.4. The Kier molecular flexibility index (Phi) is 37.1. The van der Waals surface area contributed by atoms with E-state index < -0.39 is 6.10 Å². The molecular weight excluding hydrogens is 624 g/mol. The minimum atomic E-state index is -0.777. The molecule has 0 N–H and O–H groups in total. The summed E-state index contributed by atoms with van der Waals surface area (Å²) in [5.41, 5.74) is 0. The highest BCUT2D eigenvalue weighted by Crippen LogP contribution is 2.13. The van der Waals surface area contributed by atoms with E-state index in [1.807, 2.05) is 0 Å². The monoisotopic (exact) mass is 701 g/mol. The van der Waals surface area contributed by atoms with Crippen molar-refractivity contribution in [2.24, 2.45) is 0 Å². The van der Waals surface area contributed by atoms with Crippen LogP contribution in [0.5, 0.6) is 0 Å². The van der Waals surface area contributed by atoms with Crippen LogP contribution in [0.15, 0.2) is 48.6 Å². The van der Waals surface area contributed by atoms with Crippen LogP contribution in [0.4, 0.5) is 0 Å². The average Bonchev–Trinajstić information content (AvgIpc) is 3.11. The van der Waals surface area contributed by atoms with Crippen LogP contribution < -0.4 is 0 Å². The summed E-state index contributed by atoms with van der Waals surface area (Å²) in [6.07, 6.45) is 43.9. The summed E-state index contributed by atoms with van der Waals surface area (Å²) in [6.45, 7) is 6.37. The molecule has 6 nitrogen and oxygen atoms in total.